The Kier molecular flexibility index (Phi) is 6.22. The number of ketones is 2. The molecule has 0 saturated heterocycles. The van der Waals surface area contributed by atoms with E-state index in [-0.39, 0.29) is 19.7 Å². The van der Waals surface area contributed by atoms with Gasteiger partial charge in [0.05, 0.1) is 6.54 Å². The van der Waals surface area contributed by atoms with Gasteiger partial charge in [-0.15, -0.1) is 4.91 Å². The van der Waals surface area contributed by atoms with Crippen molar-refractivity contribution in [2.45, 2.75) is 31.9 Å². The van der Waals surface area contributed by atoms with Gasteiger partial charge in [-0.25, -0.2) is 0 Å². The predicted octanol–water partition coefficient (Wildman–Crippen LogP) is 0.667. The van der Waals surface area contributed by atoms with Crippen molar-refractivity contribution in [1.29, 1.82) is 0 Å². The molecule has 0 spiro atoms. The second-order valence-electron chi connectivity index (χ2n) is 6.46. The number of hydrogen-bond donors (Lipinski definition) is 3. The van der Waals surface area contributed by atoms with Crippen LogP contribution in [0.15, 0.2) is 23.4 Å². The molecule has 1 heterocycles. The van der Waals surface area contributed by atoms with Gasteiger partial charge in [-0.1, -0.05) is 11.2 Å². The van der Waals surface area contributed by atoms with Crippen LogP contribution in [0, 0.1) is 4.91 Å². The van der Waals surface area contributed by atoms with E-state index in [9.17, 15) is 19.6 Å². The van der Waals surface area contributed by atoms with Gasteiger partial charge in [0.25, 0.3) is 0 Å². The molecule has 2 rings (SSSR count). The van der Waals surface area contributed by atoms with E-state index in [1.807, 2.05) is 18.2 Å². The van der Waals surface area contributed by atoms with Crippen molar-refractivity contribution in [3.05, 3.63) is 28.7 Å². The molecule has 0 amide bonds. The first-order valence-corrected chi connectivity index (χ1v) is 8.14. The molecule has 1 aliphatic heterocycles. The number of benzene rings is 1. The van der Waals surface area contributed by atoms with E-state index in [4.69, 9.17) is 4.74 Å². The highest BCUT2D eigenvalue weighted by Gasteiger charge is 2.33. The van der Waals surface area contributed by atoms with Gasteiger partial charge in [0.2, 0.25) is 11.6 Å². The van der Waals surface area contributed by atoms with E-state index >= 15 is 0 Å². The van der Waals surface area contributed by atoms with Crippen molar-refractivity contribution in [2.75, 3.05) is 31.6 Å². The van der Waals surface area contributed by atoms with Gasteiger partial charge in [-0.05, 0) is 32.4 Å². The van der Waals surface area contributed by atoms with Gasteiger partial charge in [0, 0.05) is 24.3 Å². The summed E-state index contributed by atoms with van der Waals surface area (Å²) >= 11 is 0. The van der Waals surface area contributed by atoms with Crippen molar-refractivity contribution < 1.29 is 19.4 Å². The van der Waals surface area contributed by atoms with Crippen LogP contribution >= 0.6 is 0 Å². The Morgan fingerprint density at radius 1 is 1.44 bits per heavy atom. The number of aliphatic hydroxyl groups is 1. The van der Waals surface area contributed by atoms with E-state index in [1.54, 1.807) is 0 Å². The number of hydrogen-bond acceptors (Lipinski definition) is 8. The fraction of sp³-hybridized carbons (Fsp3) is 0.529. The summed E-state index contributed by atoms with van der Waals surface area (Å²) in [6.45, 7) is 3.32. The van der Waals surface area contributed by atoms with Crippen LogP contribution < -0.4 is 15.4 Å². The molecule has 1 unspecified atom stereocenters. The summed E-state index contributed by atoms with van der Waals surface area (Å²) in [6.07, 6.45) is 0.0298. The van der Waals surface area contributed by atoms with Crippen molar-refractivity contribution in [2.24, 2.45) is 5.18 Å². The fourth-order valence-corrected chi connectivity index (χ4v) is 2.51. The zero-order valence-corrected chi connectivity index (χ0v) is 14.4. The van der Waals surface area contributed by atoms with E-state index in [1.165, 1.54) is 13.8 Å². The molecule has 0 aromatic heterocycles. The maximum Gasteiger partial charge on any atom is 0.230 e. The first-order valence-electron chi connectivity index (χ1n) is 8.14. The average molecular weight is 349 g/mol. The molecule has 1 aliphatic rings. The highest BCUT2D eigenvalue weighted by Crippen LogP contribution is 2.30. The Bertz CT molecular complexity index is 660. The van der Waals surface area contributed by atoms with Crippen LogP contribution in [0.25, 0.3) is 0 Å². The summed E-state index contributed by atoms with van der Waals surface area (Å²) in [7, 11) is 0. The summed E-state index contributed by atoms with van der Waals surface area (Å²) in [5, 5.41) is 18.5. The molecule has 1 aromatic rings. The van der Waals surface area contributed by atoms with Crippen LogP contribution in [0.4, 0.5) is 5.69 Å². The molecule has 136 valence electrons. The van der Waals surface area contributed by atoms with Crippen molar-refractivity contribution in [3.63, 3.8) is 0 Å². The predicted molar refractivity (Wildman–Crippen MR) is 92.9 cm³/mol. The number of nitrogens with one attached hydrogen (secondary N) is 2. The van der Waals surface area contributed by atoms with Crippen molar-refractivity contribution in [1.82, 2.24) is 5.32 Å². The molecule has 8 heteroatoms. The summed E-state index contributed by atoms with van der Waals surface area (Å²) in [5.74, 6) is -0.871. The first-order chi connectivity index (χ1) is 11.8. The smallest absolute Gasteiger partial charge is 0.230 e. The monoisotopic (exact) mass is 349 g/mol. The van der Waals surface area contributed by atoms with Crippen LogP contribution in [0.1, 0.15) is 19.4 Å². The number of nitrogens with zero attached hydrogens (tertiary/aromatic N) is 1. The molecule has 25 heavy (non-hydrogen) atoms. The second-order valence-corrected chi connectivity index (χ2v) is 6.46. The van der Waals surface area contributed by atoms with Gasteiger partial charge < -0.3 is 20.5 Å². The lowest BCUT2D eigenvalue weighted by molar-refractivity contribution is -0.138. The molecule has 0 radical (unpaired) electrons. The molecular formula is C17H23N3O5. The molecule has 1 atom stereocenters. The number of rotatable bonds is 10. The quantitative estimate of drug-likeness (QED) is 0.420. The maximum absolute atomic E-state index is 11.7. The van der Waals surface area contributed by atoms with E-state index in [0.717, 1.165) is 30.0 Å². The highest BCUT2D eigenvalue weighted by molar-refractivity contribution is 6.41. The Morgan fingerprint density at radius 2 is 2.20 bits per heavy atom. The number of ether oxygens (including phenoxy) is 1. The third kappa shape index (κ3) is 4.83. The number of Topliss-reactive ketones (excluding diaryl/α,β-unsaturated/α-hetero) is 2. The third-order valence-electron chi connectivity index (χ3n) is 3.96. The molecule has 3 N–H and O–H groups in total. The largest absolute Gasteiger partial charge is 0.490 e. The number of carbonyl (C=O) groups excluding carboxylic acids is 2. The summed E-state index contributed by atoms with van der Waals surface area (Å²) in [4.78, 5) is 34.0. The summed E-state index contributed by atoms with van der Waals surface area (Å²) in [5.41, 5.74) is 0.565. The lowest BCUT2D eigenvalue weighted by Crippen LogP contribution is -2.42. The van der Waals surface area contributed by atoms with Gasteiger partial charge in [0.1, 0.15) is 18.5 Å². The fourth-order valence-electron chi connectivity index (χ4n) is 2.51. The average Bonchev–Trinajstić information content (AvgIpc) is 3.08. The Morgan fingerprint density at radius 3 is 2.92 bits per heavy atom. The number of anilines is 1. The number of carbonyl (C=O) groups is 2. The van der Waals surface area contributed by atoms with Gasteiger partial charge >= 0.3 is 0 Å². The lowest BCUT2D eigenvalue weighted by atomic mass is 9.97. The van der Waals surface area contributed by atoms with E-state index in [2.05, 4.69) is 15.8 Å². The molecular weight excluding hydrogens is 326 g/mol. The Labute approximate surface area is 145 Å². The number of fused-ring (bicyclic) bond motifs is 1. The molecule has 0 fully saturated rings. The second kappa shape index (κ2) is 8.17. The zero-order chi connectivity index (χ0) is 18.4. The topological polar surface area (TPSA) is 117 Å². The van der Waals surface area contributed by atoms with Gasteiger partial charge in [-0.2, -0.15) is 0 Å². The molecule has 1 aromatic carbocycles. The molecule has 0 bridgehead atoms. The minimum Gasteiger partial charge on any atom is -0.490 e. The van der Waals surface area contributed by atoms with Gasteiger partial charge in [0.15, 0.2) is 5.54 Å². The SMILES string of the molecule is CC(C)(N=O)C(=O)C(=O)CNCC(O)COc1cccc2c1CCN2. The third-order valence-corrected chi connectivity index (χ3v) is 3.96. The maximum atomic E-state index is 11.7. The zero-order valence-electron chi connectivity index (χ0n) is 14.4. The highest BCUT2D eigenvalue weighted by atomic mass is 16.5. The van der Waals surface area contributed by atoms with Crippen LogP contribution in [-0.4, -0.2) is 54.6 Å². The lowest BCUT2D eigenvalue weighted by Gasteiger charge is -2.16. The summed E-state index contributed by atoms with van der Waals surface area (Å²) in [6, 6.07) is 5.71. The van der Waals surface area contributed by atoms with Crippen LogP contribution in [0.5, 0.6) is 5.75 Å². The number of nitroso groups, excluding NO2 is 1. The minimum atomic E-state index is -1.57. The first kappa shape index (κ1) is 19.0. The van der Waals surface area contributed by atoms with Crippen molar-refractivity contribution in [3.8, 4) is 5.75 Å². The Hall–Kier alpha value is -2.32. The van der Waals surface area contributed by atoms with Crippen LogP contribution in [0.2, 0.25) is 0 Å². The van der Waals surface area contributed by atoms with Gasteiger partial charge in [-0.3, -0.25) is 9.59 Å². The normalized spacial score (nSPS) is 14.4. The standard InChI is InChI=1S/C17H23N3O5/c1-17(2,20-24)16(23)14(22)9-18-8-11(21)10-25-15-5-3-4-13-12(15)6-7-19-13/h3-5,11,18-19,21H,6-10H2,1-2H3. The van der Waals surface area contributed by atoms with Crippen LogP contribution in [-0.2, 0) is 16.0 Å². The summed E-state index contributed by atoms with van der Waals surface area (Å²) < 4.78 is 5.65. The van der Waals surface area contributed by atoms with E-state index < -0.39 is 23.2 Å². The van der Waals surface area contributed by atoms with Crippen LogP contribution in [0.3, 0.4) is 0 Å². The van der Waals surface area contributed by atoms with Crippen molar-refractivity contribution >= 4 is 17.3 Å². The molecule has 0 saturated carbocycles. The minimum absolute atomic E-state index is 0.0625. The molecule has 8 nitrogen and oxygen atoms in total. The molecule has 0 aliphatic carbocycles. The van der Waals surface area contributed by atoms with E-state index in [0.29, 0.717) is 0 Å². The number of aliphatic hydroxyl groups excluding tert-OH is 1. The Balaban J connectivity index is 1.74.